The third-order valence-electron chi connectivity index (χ3n) is 17.1. The summed E-state index contributed by atoms with van der Waals surface area (Å²) in [6, 6.07) is 0. The van der Waals surface area contributed by atoms with Crippen molar-refractivity contribution in [3.05, 3.63) is 0 Å². The zero-order valence-electron chi connectivity index (χ0n) is 68.4. The van der Waals surface area contributed by atoms with Gasteiger partial charge in [-0.3, -0.25) is 0 Å². The van der Waals surface area contributed by atoms with Crippen LogP contribution >= 0.6 is 58.8 Å². The van der Waals surface area contributed by atoms with E-state index in [-0.39, 0.29) is 42.0 Å². The van der Waals surface area contributed by atoms with Crippen LogP contribution in [0, 0.1) is 11.8 Å². The summed E-state index contributed by atoms with van der Waals surface area (Å²) < 4.78 is 87.3. The molecular weight excluding hydrogens is 1510 g/mol. The van der Waals surface area contributed by atoms with Gasteiger partial charge in [-0.15, -0.1) is 0 Å². The number of ether oxygens (including phenoxy) is 17. The lowest BCUT2D eigenvalue weighted by Crippen LogP contribution is -2.43. The molecule has 11 saturated heterocycles. The van der Waals surface area contributed by atoms with Crippen LogP contribution in [0.15, 0.2) is 0 Å². The Labute approximate surface area is 669 Å². The Kier molecular flexibility index (Phi) is 59.4. The van der Waals surface area contributed by atoms with Gasteiger partial charge in [0.25, 0.3) is 0 Å². The van der Waals surface area contributed by atoms with Crippen molar-refractivity contribution in [2.24, 2.45) is 11.8 Å². The van der Waals surface area contributed by atoms with E-state index in [1.807, 2.05) is 41.5 Å². The van der Waals surface area contributed by atoms with Crippen molar-refractivity contribution in [1.82, 2.24) is 0 Å². The van der Waals surface area contributed by atoms with E-state index in [1.165, 1.54) is 12.8 Å². The fourth-order valence-electron chi connectivity index (χ4n) is 9.60. The van der Waals surface area contributed by atoms with Crippen LogP contribution in [-0.2, 0) is 80.5 Å². The summed E-state index contributed by atoms with van der Waals surface area (Å²) in [6.07, 6.45) is 12.1. The van der Waals surface area contributed by atoms with Crippen LogP contribution in [0.25, 0.3) is 0 Å². The molecule has 0 radical (unpaired) electrons. The lowest BCUT2D eigenvalue weighted by molar-refractivity contribution is -0.259. The zero-order chi connectivity index (χ0) is 81.0. The van der Waals surface area contributed by atoms with E-state index in [4.69, 9.17) is 95.8 Å². The first kappa shape index (κ1) is 107. The molecule has 648 valence electrons. The van der Waals surface area contributed by atoms with E-state index < -0.39 is 65.2 Å². The minimum atomic E-state index is -1.11. The molecule has 0 aromatic rings. The van der Waals surface area contributed by atoms with Crippen LogP contribution in [0.2, 0.25) is 0 Å². The normalized spacial score (nSPS) is 39.2. The van der Waals surface area contributed by atoms with Gasteiger partial charge in [-0.1, -0.05) is 13.8 Å². The SMILES string of the molecule is CC1(O)COCCCCO1.CC1(O)COCCCO1.CC1(O)CSCCCCO1.CC1(O)CSCCCO1.CC1CCCOCC(O)O1.CC1COC(O)CSC1.CC1COCC(O)OC1.CC1OCCCCOC1(C)O.CC1OCCCOC1(C)O.CC1SCCCCOC1(C)O.CC1SCCCOC1(C)O. The summed E-state index contributed by atoms with van der Waals surface area (Å²) in [6.45, 7) is 39.1. The van der Waals surface area contributed by atoms with Crippen LogP contribution < -0.4 is 0 Å². The molecule has 0 bridgehead atoms. The molecule has 0 spiro atoms. The van der Waals surface area contributed by atoms with Gasteiger partial charge in [-0.2, -0.15) is 58.8 Å². The summed E-state index contributed by atoms with van der Waals surface area (Å²) in [5, 5.41) is 103. The molecule has 18 atom stereocenters. The number of thioether (sulfide) groups is 5. The number of hydrogen-bond donors (Lipinski definition) is 11. The predicted molar refractivity (Wildman–Crippen MR) is 426 cm³/mol. The average Bonchev–Trinajstić information content (AvgIpc) is 1.54. The van der Waals surface area contributed by atoms with Crippen molar-refractivity contribution >= 4 is 58.8 Å². The molecule has 0 amide bonds. The molecule has 28 nitrogen and oxygen atoms in total. The molecule has 11 fully saturated rings. The maximum atomic E-state index is 9.70. The Morgan fingerprint density at radius 3 is 1.25 bits per heavy atom. The highest BCUT2D eigenvalue weighted by Crippen LogP contribution is 2.30. The molecule has 0 aliphatic carbocycles. The Bertz CT molecular complexity index is 1910. The molecule has 33 heteroatoms. The van der Waals surface area contributed by atoms with Crippen LogP contribution in [0.5, 0.6) is 0 Å². The highest BCUT2D eigenvalue weighted by atomic mass is 32.2. The molecule has 18 unspecified atom stereocenters. The van der Waals surface area contributed by atoms with Gasteiger partial charge < -0.3 is 137 Å². The first-order chi connectivity index (χ1) is 50.7. The van der Waals surface area contributed by atoms with E-state index >= 15 is 0 Å². The Hall–Kier alpha value is 0.630. The second-order valence-electron chi connectivity index (χ2n) is 29.7. The van der Waals surface area contributed by atoms with Crippen molar-refractivity contribution in [2.45, 2.75) is 288 Å². The molecule has 11 aliphatic rings. The maximum absolute atomic E-state index is 9.70. The smallest absolute Gasteiger partial charge is 0.188 e. The molecule has 11 aliphatic heterocycles. The second kappa shape index (κ2) is 60.2. The van der Waals surface area contributed by atoms with E-state index in [1.54, 1.807) is 114 Å². The highest BCUT2D eigenvalue weighted by molar-refractivity contribution is 8.00. The first-order valence-electron chi connectivity index (χ1n) is 39.0. The van der Waals surface area contributed by atoms with E-state index in [2.05, 4.69) is 6.92 Å². The predicted octanol–water partition coefficient (Wildman–Crippen LogP) is 8.25. The maximum Gasteiger partial charge on any atom is 0.188 e. The minimum Gasteiger partial charge on any atom is -0.376 e. The number of hydrogen-bond acceptors (Lipinski definition) is 33. The number of rotatable bonds is 0. The standard InChI is InChI=1S/C8H16O3.C8H16O2S.3C7H14O3.2C7H14O2S.2C6H12O3.2C6H12O2S/c1-7-8(2,9)11-6-4-3-5-10-7;1-7-8(2,9)10-5-3-4-6-11-7;1-6-7(2,8)10-5-3-4-9-6;1-6-3-2-4-9-5-7(8)10-6;1-7(8)6-9-4-2-3-5-10-7;1-6-7(2,8)9-4-3-5-10-6;1-7(8)6-10-5-3-2-4-9-7;1-5-2-8-4-6(7)9-3-5;1-6(7)5-8-3-2-4-9-6;1-5-2-8-6(7)4-9-3-5;1-6(7)5-9-4-2-3-8-6/h2*7,9H,3-6H2,1-2H3;6,8H,3-5H2,1-2H3;6-8H,2-5H2,1H3;8H,2-6H2,1H3;6,8H,3-5H2,1-2H3;8H,2-6H2,1H3;5-7H,2-4H2,1H3;7H,2-5H2,1H3;5-7H,2-4H2,1H3;7H,2-5H2,1H3. The van der Waals surface area contributed by atoms with Gasteiger partial charge in [0.2, 0.25) is 0 Å². The van der Waals surface area contributed by atoms with Crippen molar-refractivity contribution in [3.8, 4) is 0 Å². The van der Waals surface area contributed by atoms with Gasteiger partial charge in [0.1, 0.15) is 25.4 Å². The number of aliphatic hydroxyl groups is 11. The summed E-state index contributed by atoms with van der Waals surface area (Å²) in [5.41, 5.74) is 0. The molecule has 0 aromatic carbocycles. The topological polar surface area (TPSA) is 379 Å². The van der Waals surface area contributed by atoms with Crippen molar-refractivity contribution in [2.75, 3.05) is 178 Å². The van der Waals surface area contributed by atoms with E-state index in [0.717, 1.165) is 131 Å². The number of aliphatic hydroxyl groups excluding tert-OH is 3. The highest BCUT2D eigenvalue weighted by Gasteiger charge is 2.35. The van der Waals surface area contributed by atoms with Gasteiger partial charge in [0.15, 0.2) is 65.2 Å². The third kappa shape index (κ3) is 58.5. The van der Waals surface area contributed by atoms with E-state index in [0.29, 0.717) is 122 Å². The molecule has 0 aromatic heterocycles. The van der Waals surface area contributed by atoms with Crippen molar-refractivity contribution in [1.29, 1.82) is 0 Å². The summed E-state index contributed by atoms with van der Waals surface area (Å²) in [4.78, 5) is 0. The molecule has 108 heavy (non-hydrogen) atoms. The fraction of sp³-hybridized carbons (Fsp3) is 1.00. The zero-order valence-corrected chi connectivity index (χ0v) is 72.5. The Morgan fingerprint density at radius 2 is 0.676 bits per heavy atom. The van der Waals surface area contributed by atoms with Gasteiger partial charge >= 0.3 is 0 Å². The Balaban J connectivity index is 0.000000594. The minimum absolute atomic E-state index is 0.166. The fourth-order valence-corrected chi connectivity index (χ4v) is 14.6. The van der Waals surface area contributed by atoms with Crippen LogP contribution in [0.3, 0.4) is 0 Å². The molecule has 0 saturated carbocycles. The largest absolute Gasteiger partial charge is 0.376 e. The van der Waals surface area contributed by atoms with Gasteiger partial charge in [-0.25, -0.2) is 0 Å². The second-order valence-corrected chi connectivity index (χ2v) is 35.9. The monoisotopic (exact) mass is 1660 g/mol. The molecule has 11 N–H and O–H groups in total. The van der Waals surface area contributed by atoms with Gasteiger partial charge in [-0.05, 0) is 215 Å². The Morgan fingerprint density at radius 1 is 0.296 bits per heavy atom. The molecule has 11 rings (SSSR count). The lowest BCUT2D eigenvalue weighted by atomic mass is 10.2. The van der Waals surface area contributed by atoms with E-state index in [9.17, 15) is 40.9 Å². The molecular formula is C75H150O28S5. The molecule has 11 heterocycles. The van der Waals surface area contributed by atoms with Crippen molar-refractivity contribution < 1.29 is 137 Å². The lowest BCUT2D eigenvalue weighted by Gasteiger charge is -2.32. The third-order valence-corrected chi connectivity index (χ3v) is 24.0. The van der Waals surface area contributed by atoms with Gasteiger partial charge in [0, 0.05) is 56.2 Å². The van der Waals surface area contributed by atoms with Crippen LogP contribution in [0.1, 0.15) is 194 Å². The summed E-state index contributed by atoms with van der Waals surface area (Å²) >= 11 is 8.82. The first-order valence-corrected chi connectivity index (χ1v) is 44.6. The van der Waals surface area contributed by atoms with Crippen LogP contribution in [-0.4, -0.2) is 328 Å². The quantitative estimate of drug-likeness (QED) is 0.109. The van der Waals surface area contributed by atoms with Gasteiger partial charge in [0.05, 0.1) is 102 Å². The van der Waals surface area contributed by atoms with Crippen molar-refractivity contribution in [3.63, 3.8) is 0 Å². The van der Waals surface area contributed by atoms with Crippen LogP contribution in [0.4, 0.5) is 0 Å². The summed E-state index contributed by atoms with van der Waals surface area (Å²) in [5.74, 6) is 0.788. The average molecular weight is 1660 g/mol. The summed E-state index contributed by atoms with van der Waals surface area (Å²) in [7, 11) is 0.